The number of para-hydroxylation sites is 1. The molecule has 0 fully saturated rings. The third-order valence-corrected chi connectivity index (χ3v) is 6.07. The van der Waals surface area contributed by atoms with Crippen molar-refractivity contribution in [3.05, 3.63) is 142 Å². The van der Waals surface area contributed by atoms with Crippen molar-refractivity contribution in [3.8, 4) is 0 Å². The van der Waals surface area contributed by atoms with E-state index in [1.54, 1.807) is 29.7 Å². The number of benzene rings is 3. The van der Waals surface area contributed by atoms with Gasteiger partial charge in [0, 0.05) is 0 Å². The second-order valence-electron chi connectivity index (χ2n) is 7.31. The summed E-state index contributed by atoms with van der Waals surface area (Å²) in [5.41, 5.74) is 3.43. The maximum Gasteiger partial charge on any atom is 0.282 e. The van der Waals surface area contributed by atoms with Crippen molar-refractivity contribution in [2.45, 2.75) is 11.4 Å². The Morgan fingerprint density at radius 3 is 2.24 bits per heavy atom. The van der Waals surface area contributed by atoms with E-state index in [9.17, 15) is 10.1 Å². The highest BCUT2D eigenvalue weighted by Crippen LogP contribution is 2.31. The van der Waals surface area contributed by atoms with E-state index in [4.69, 9.17) is 4.99 Å². The van der Waals surface area contributed by atoms with E-state index in [0.717, 1.165) is 17.0 Å². The lowest BCUT2D eigenvalue weighted by atomic mass is 10.1. The number of hydrogen-bond acceptors (Lipinski definition) is 5. The zero-order chi connectivity index (χ0) is 22.9. The van der Waals surface area contributed by atoms with E-state index in [2.05, 4.69) is 5.32 Å². The zero-order valence-corrected chi connectivity index (χ0v) is 18.6. The van der Waals surface area contributed by atoms with Crippen LogP contribution in [-0.4, -0.2) is 16.7 Å². The number of allylic oxidation sites excluding steroid dienone is 2. The molecule has 2 unspecified atom stereocenters. The van der Waals surface area contributed by atoms with Crippen LogP contribution in [0.5, 0.6) is 0 Å². The SMILES string of the molecule is O=[N+]([O-])C(=CSC(NC1C=CC=CC1=Nc1ccccc1)c1ccccc1)c1ccccc1. The predicted octanol–water partition coefficient (Wildman–Crippen LogP) is 6.55. The third-order valence-electron chi connectivity index (χ3n) is 5.03. The Morgan fingerprint density at radius 2 is 1.58 bits per heavy atom. The lowest BCUT2D eigenvalue weighted by Crippen LogP contribution is -2.36. The molecule has 1 aliphatic rings. The molecule has 0 bridgehead atoms. The molecule has 0 heterocycles. The van der Waals surface area contributed by atoms with Crippen molar-refractivity contribution in [2.75, 3.05) is 0 Å². The van der Waals surface area contributed by atoms with Gasteiger partial charge in [0.25, 0.3) is 5.70 Å². The average Bonchev–Trinajstić information content (AvgIpc) is 2.86. The Morgan fingerprint density at radius 1 is 0.939 bits per heavy atom. The van der Waals surface area contributed by atoms with Crippen LogP contribution in [0, 0.1) is 10.1 Å². The Bertz CT molecular complexity index is 1190. The molecule has 0 saturated carbocycles. The summed E-state index contributed by atoms with van der Waals surface area (Å²) < 4.78 is 0. The van der Waals surface area contributed by atoms with Crippen molar-refractivity contribution in [1.82, 2.24) is 5.32 Å². The van der Waals surface area contributed by atoms with Gasteiger partial charge in [0.2, 0.25) is 0 Å². The minimum Gasteiger partial charge on any atom is -0.290 e. The van der Waals surface area contributed by atoms with Gasteiger partial charge in [-0.05, 0) is 35.9 Å². The molecular formula is C27H23N3O2S. The molecule has 3 aromatic carbocycles. The normalized spacial score (nSPS) is 17.8. The summed E-state index contributed by atoms with van der Waals surface area (Å²) in [4.78, 5) is 16.2. The molecule has 0 aliphatic heterocycles. The average molecular weight is 454 g/mol. The number of rotatable bonds is 8. The lowest BCUT2D eigenvalue weighted by molar-refractivity contribution is -0.375. The molecule has 5 nitrogen and oxygen atoms in total. The van der Waals surface area contributed by atoms with E-state index >= 15 is 0 Å². The molecule has 4 rings (SSSR count). The molecule has 0 saturated heterocycles. The first-order chi connectivity index (χ1) is 16.2. The molecule has 0 amide bonds. The second kappa shape index (κ2) is 11.2. The van der Waals surface area contributed by atoms with Gasteiger partial charge in [-0.3, -0.25) is 20.4 Å². The fraction of sp³-hybridized carbons (Fsp3) is 0.0741. The summed E-state index contributed by atoms with van der Waals surface area (Å²) in [6.45, 7) is 0. The first kappa shape index (κ1) is 22.5. The van der Waals surface area contributed by atoms with Gasteiger partial charge in [0.05, 0.1) is 38.7 Å². The van der Waals surface area contributed by atoms with E-state index in [1.165, 1.54) is 11.8 Å². The summed E-state index contributed by atoms with van der Waals surface area (Å²) in [6.07, 6.45) is 7.98. The maximum atomic E-state index is 11.8. The minimum atomic E-state index is -0.337. The fourth-order valence-corrected chi connectivity index (χ4v) is 4.42. The van der Waals surface area contributed by atoms with Gasteiger partial charge in [0.15, 0.2) is 0 Å². The molecule has 0 spiro atoms. The second-order valence-corrected chi connectivity index (χ2v) is 8.29. The van der Waals surface area contributed by atoms with E-state index in [0.29, 0.717) is 5.56 Å². The van der Waals surface area contributed by atoms with Crippen LogP contribution in [0.1, 0.15) is 16.5 Å². The van der Waals surface area contributed by atoms with Gasteiger partial charge in [0.1, 0.15) is 0 Å². The van der Waals surface area contributed by atoms with Gasteiger partial charge in [-0.25, -0.2) is 0 Å². The largest absolute Gasteiger partial charge is 0.290 e. The lowest BCUT2D eigenvalue weighted by Gasteiger charge is -2.24. The van der Waals surface area contributed by atoms with Crippen molar-refractivity contribution in [2.24, 2.45) is 4.99 Å². The monoisotopic (exact) mass is 453 g/mol. The quantitative estimate of drug-likeness (QED) is 0.239. The highest BCUT2D eigenvalue weighted by molar-refractivity contribution is 8.02. The fourth-order valence-electron chi connectivity index (χ4n) is 3.39. The van der Waals surface area contributed by atoms with Crippen LogP contribution in [0.2, 0.25) is 0 Å². The third kappa shape index (κ3) is 6.16. The summed E-state index contributed by atoms with van der Waals surface area (Å²) in [7, 11) is 0. The molecule has 164 valence electrons. The number of aliphatic imine (C=N–C) groups is 1. The Hall–Kier alpha value is -3.74. The number of nitrogens with one attached hydrogen (secondary N) is 1. The molecule has 2 atom stereocenters. The Balaban J connectivity index is 1.62. The van der Waals surface area contributed by atoms with Crippen LogP contribution in [0.15, 0.2) is 126 Å². The summed E-state index contributed by atoms with van der Waals surface area (Å²) >= 11 is 1.38. The summed E-state index contributed by atoms with van der Waals surface area (Å²) in [5, 5.41) is 16.8. The topological polar surface area (TPSA) is 67.5 Å². The highest BCUT2D eigenvalue weighted by atomic mass is 32.2. The smallest absolute Gasteiger partial charge is 0.282 e. The van der Waals surface area contributed by atoms with E-state index < -0.39 is 0 Å². The van der Waals surface area contributed by atoms with Gasteiger partial charge >= 0.3 is 0 Å². The molecule has 0 radical (unpaired) electrons. The molecule has 1 aliphatic carbocycles. The van der Waals surface area contributed by atoms with Gasteiger partial charge < -0.3 is 0 Å². The van der Waals surface area contributed by atoms with Crippen LogP contribution < -0.4 is 5.32 Å². The minimum absolute atomic E-state index is 0.0700. The van der Waals surface area contributed by atoms with Crippen molar-refractivity contribution >= 4 is 28.9 Å². The molecule has 0 aromatic heterocycles. The van der Waals surface area contributed by atoms with Crippen molar-refractivity contribution in [1.29, 1.82) is 0 Å². The van der Waals surface area contributed by atoms with Crippen LogP contribution in [-0.2, 0) is 0 Å². The number of nitrogens with zero attached hydrogens (tertiary/aromatic N) is 2. The summed E-state index contributed by atoms with van der Waals surface area (Å²) in [5.74, 6) is 0. The van der Waals surface area contributed by atoms with Crippen LogP contribution in [0.25, 0.3) is 5.70 Å². The standard InChI is InChI=1S/C27H23N3O2S/c31-30(32)26(21-12-4-1-5-13-21)20-33-27(22-14-6-2-7-15-22)29-25-19-11-10-18-24(25)28-23-16-8-3-9-17-23/h1-20,25,27,29H. The van der Waals surface area contributed by atoms with E-state index in [-0.39, 0.29) is 22.0 Å². The number of thioether (sulfide) groups is 1. The summed E-state index contributed by atoms with van der Waals surface area (Å²) in [6, 6.07) is 28.5. The number of nitro groups is 1. The van der Waals surface area contributed by atoms with Crippen LogP contribution >= 0.6 is 11.8 Å². The molecule has 6 heteroatoms. The van der Waals surface area contributed by atoms with Gasteiger partial charge in [-0.1, -0.05) is 85.0 Å². The molecule has 1 N–H and O–H groups in total. The highest BCUT2D eigenvalue weighted by Gasteiger charge is 2.22. The maximum absolute atomic E-state index is 11.8. The molecular weight excluding hydrogens is 430 g/mol. The molecule has 3 aromatic rings. The van der Waals surface area contributed by atoms with Crippen LogP contribution in [0.4, 0.5) is 5.69 Å². The Kier molecular flexibility index (Phi) is 7.64. The molecule has 33 heavy (non-hydrogen) atoms. The van der Waals surface area contributed by atoms with E-state index in [1.807, 2.05) is 91.0 Å². The first-order valence-corrected chi connectivity index (χ1v) is 11.5. The van der Waals surface area contributed by atoms with Gasteiger partial charge in [-0.15, -0.1) is 11.8 Å². The van der Waals surface area contributed by atoms with Crippen molar-refractivity contribution in [3.63, 3.8) is 0 Å². The Labute approximate surface area is 197 Å². The predicted molar refractivity (Wildman–Crippen MR) is 137 cm³/mol. The van der Waals surface area contributed by atoms with Gasteiger partial charge in [-0.2, -0.15) is 0 Å². The van der Waals surface area contributed by atoms with Crippen LogP contribution in [0.3, 0.4) is 0 Å². The first-order valence-electron chi connectivity index (χ1n) is 10.6. The zero-order valence-electron chi connectivity index (χ0n) is 17.8. The van der Waals surface area contributed by atoms with Crippen molar-refractivity contribution < 1.29 is 4.92 Å². The number of hydrogen-bond donors (Lipinski definition) is 1.